The average molecular weight is 565 g/mol. The zero-order chi connectivity index (χ0) is 28.5. The highest BCUT2D eigenvalue weighted by Crippen LogP contribution is 2.34. The molecular formula is C31H37FN4O5. The molecule has 0 spiro atoms. The highest BCUT2D eigenvalue weighted by Gasteiger charge is 2.45. The molecule has 3 amide bonds. The molecule has 4 heterocycles. The number of nitrogens with one attached hydrogen (secondary N) is 2. The van der Waals surface area contributed by atoms with E-state index in [1.54, 1.807) is 30.3 Å². The first-order valence-corrected chi connectivity index (χ1v) is 14.7. The monoisotopic (exact) mass is 564 g/mol. The molecule has 4 aliphatic rings. The maximum Gasteiger partial charge on any atom is 0.264 e. The van der Waals surface area contributed by atoms with Gasteiger partial charge in [-0.15, -0.1) is 0 Å². The molecule has 3 N–H and O–H groups in total. The van der Waals surface area contributed by atoms with Crippen LogP contribution >= 0.6 is 0 Å². The molecule has 2 aromatic rings. The molecule has 41 heavy (non-hydrogen) atoms. The third-order valence-electron chi connectivity index (χ3n) is 9.14. The summed E-state index contributed by atoms with van der Waals surface area (Å²) < 4.78 is 20.7. The number of benzene rings is 2. The maximum absolute atomic E-state index is 15.1. The molecule has 0 radical (unpaired) electrons. The van der Waals surface area contributed by atoms with Gasteiger partial charge in [0, 0.05) is 37.6 Å². The first-order chi connectivity index (χ1) is 19.9. The zero-order valence-corrected chi connectivity index (χ0v) is 23.1. The number of anilines is 1. The van der Waals surface area contributed by atoms with Crippen LogP contribution in [-0.2, 0) is 22.6 Å². The Hall–Kier alpha value is -3.34. The first kappa shape index (κ1) is 27.8. The van der Waals surface area contributed by atoms with E-state index in [0.29, 0.717) is 11.3 Å². The van der Waals surface area contributed by atoms with Crippen LogP contribution in [0.3, 0.4) is 0 Å². The van der Waals surface area contributed by atoms with Crippen LogP contribution in [0.1, 0.15) is 70.4 Å². The Morgan fingerprint density at radius 2 is 1.71 bits per heavy atom. The molecule has 3 fully saturated rings. The van der Waals surface area contributed by atoms with Crippen LogP contribution in [0.25, 0.3) is 0 Å². The Morgan fingerprint density at radius 3 is 2.44 bits per heavy atom. The number of aliphatic hydroxyl groups excluding tert-OH is 1. The predicted molar refractivity (Wildman–Crippen MR) is 149 cm³/mol. The summed E-state index contributed by atoms with van der Waals surface area (Å²) in [7, 11) is 0. The van der Waals surface area contributed by atoms with Gasteiger partial charge in [-0.25, -0.2) is 4.39 Å². The summed E-state index contributed by atoms with van der Waals surface area (Å²) >= 11 is 0. The van der Waals surface area contributed by atoms with Gasteiger partial charge in [-0.1, -0.05) is 18.2 Å². The summed E-state index contributed by atoms with van der Waals surface area (Å²) in [5.41, 5.74) is 2.19. The molecule has 218 valence electrons. The number of piperidine rings is 2. The van der Waals surface area contributed by atoms with Crippen LogP contribution in [0, 0.1) is 17.7 Å². The Labute approximate surface area is 239 Å². The summed E-state index contributed by atoms with van der Waals surface area (Å²) in [6.45, 7) is 4.68. The summed E-state index contributed by atoms with van der Waals surface area (Å²) in [4.78, 5) is 42.2. The number of hydrogen-bond donors (Lipinski definition) is 3. The van der Waals surface area contributed by atoms with Crippen molar-refractivity contribution in [2.75, 3.05) is 31.6 Å². The standard InChI is InChI=1S/C31H37FN4O5/c32-24-16-19(18-35-12-8-20(9-13-35)21-10-14-41-15-11-21)4-5-22(24)17-33-25-3-1-2-23-28(25)31(40)36(30(23)39)26-6-7-27(37)34-29(26)38/h1-5,16,20-21,26-27,33,37H,6-15,17-18H2,(H,34,38). The second kappa shape index (κ2) is 11.9. The molecule has 0 bridgehead atoms. The number of ether oxygens (including phenoxy) is 1. The van der Waals surface area contributed by atoms with Crippen molar-refractivity contribution >= 4 is 23.4 Å². The van der Waals surface area contributed by atoms with Crippen molar-refractivity contribution in [3.63, 3.8) is 0 Å². The average Bonchev–Trinajstić information content (AvgIpc) is 3.23. The van der Waals surface area contributed by atoms with E-state index in [1.807, 2.05) is 6.07 Å². The van der Waals surface area contributed by atoms with Crippen molar-refractivity contribution < 1.29 is 28.6 Å². The highest BCUT2D eigenvalue weighted by molar-refractivity contribution is 6.25. The molecular weight excluding hydrogens is 527 g/mol. The number of fused-ring (bicyclic) bond motifs is 1. The molecule has 2 unspecified atom stereocenters. The Balaban J connectivity index is 1.07. The lowest BCUT2D eigenvalue weighted by Gasteiger charge is -2.37. The molecule has 2 aromatic carbocycles. The van der Waals surface area contributed by atoms with E-state index in [1.165, 1.54) is 25.7 Å². The van der Waals surface area contributed by atoms with Gasteiger partial charge in [-0.3, -0.25) is 24.2 Å². The minimum absolute atomic E-state index is 0.136. The number of halogens is 1. The number of amides is 3. The van der Waals surface area contributed by atoms with Gasteiger partial charge in [0.2, 0.25) is 5.91 Å². The smallest absolute Gasteiger partial charge is 0.264 e. The van der Waals surface area contributed by atoms with E-state index < -0.39 is 30.0 Å². The molecule has 9 nitrogen and oxygen atoms in total. The Bertz CT molecular complexity index is 1320. The molecule has 0 aromatic heterocycles. The van der Waals surface area contributed by atoms with Gasteiger partial charge >= 0.3 is 0 Å². The van der Waals surface area contributed by atoms with Crippen molar-refractivity contribution in [2.45, 2.75) is 63.9 Å². The number of rotatable bonds is 7. The first-order valence-electron chi connectivity index (χ1n) is 14.7. The van der Waals surface area contributed by atoms with Crippen LogP contribution in [0.2, 0.25) is 0 Å². The number of aliphatic hydroxyl groups is 1. The predicted octanol–water partition coefficient (Wildman–Crippen LogP) is 3.27. The summed E-state index contributed by atoms with van der Waals surface area (Å²) in [6.07, 6.45) is 4.16. The lowest BCUT2D eigenvalue weighted by atomic mass is 9.80. The van der Waals surface area contributed by atoms with Gasteiger partial charge in [-0.05, 0) is 87.2 Å². The second-order valence-corrected chi connectivity index (χ2v) is 11.7. The van der Waals surface area contributed by atoms with Gasteiger partial charge in [0.05, 0.1) is 11.1 Å². The fourth-order valence-corrected chi connectivity index (χ4v) is 6.81. The third-order valence-corrected chi connectivity index (χ3v) is 9.14. The van der Waals surface area contributed by atoms with Crippen molar-refractivity contribution in [3.05, 3.63) is 64.5 Å². The summed E-state index contributed by atoms with van der Waals surface area (Å²) in [6, 6.07) is 9.22. The van der Waals surface area contributed by atoms with Crippen LogP contribution in [-0.4, -0.2) is 71.2 Å². The number of carbonyl (C=O) groups excluding carboxylic acids is 3. The molecule has 0 saturated carbocycles. The second-order valence-electron chi connectivity index (χ2n) is 11.7. The van der Waals surface area contributed by atoms with Crippen molar-refractivity contribution in [3.8, 4) is 0 Å². The lowest BCUT2D eigenvalue weighted by molar-refractivity contribution is -0.131. The van der Waals surface area contributed by atoms with Crippen LogP contribution in [0.4, 0.5) is 10.1 Å². The lowest BCUT2D eigenvalue weighted by Crippen LogP contribution is -2.55. The summed E-state index contributed by atoms with van der Waals surface area (Å²) in [5.74, 6) is -0.446. The number of carbonyl (C=O) groups is 3. The van der Waals surface area contributed by atoms with E-state index >= 15 is 4.39 Å². The molecule has 4 aliphatic heterocycles. The number of hydrogen-bond acceptors (Lipinski definition) is 7. The van der Waals surface area contributed by atoms with Crippen LogP contribution < -0.4 is 10.6 Å². The Kier molecular flexibility index (Phi) is 8.05. The van der Waals surface area contributed by atoms with Crippen LogP contribution in [0.15, 0.2) is 36.4 Å². The van der Waals surface area contributed by atoms with E-state index in [-0.39, 0.29) is 36.3 Å². The third kappa shape index (κ3) is 5.73. The minimum Gasteiger partial charge on any atom is -0.381 e. The molecule has 6 rings (SSSR count). The van der Waals surface area contributed by atoms with Gasteiger partial charge in [0.1, 0.15) is 18.1 Å². The van der Waals surface area contributed by atoms with E-state index in [2.05, 4.69) is 15.5 Å². The zero-order valence-electron chi connectivity index (χ0n) is 23.1. The highest BCUT2D eigenvalue weighted by atomic mass is 19.1. The van der Waals surface area contributed by atoms with Crippen molar-refractivity contribution in [1.29, 1.82) is 0 Å². The fraction of sp³-hybridized carbons (Fsp3) is 0.516. The topological polar surface area (TPSA) is 111 Å². The Morgan fingerprint density at radius 1 is 0.951 bits per heavy atom. The SMILES string of the molecule is O=C1NC(O)CCC1N1C(=O)c2cccc(NCc3ccc(CN4CCC(C5CCOCC5)CC4)cc3F)c2C1=O. The largest absolute Gasteiger partial charge is 0.381 e. The van der Waals surface area contributed by atoms with Crippen molar-refractivity contribution in [2.24, 2.45) is 11.8 Å². The normalized spacial score (nSPS) is 24.4. The van der Waals surface area contributed by atoms with Gasteiger partial charge in [0.15, 0.2) is 0 Å². The quantitative estimate of drug-likeness (QED) is 0.443. The molecule has 2 atom stereocenters. The van der Waals surface area contributed by atoms with Gasteiger partial charge in [-0.2, -0.15) is 0 Å². The van der Waals surface area contributed by atoms with Crippen molar-refractivity contribution in [1.82, 2.24) is 15.1 Å². The summed E-state index contributed by atoms with van der Waals surface area (Å²) in [5, 5.41) is 15.2. The van der Waals surface area contributed by atoms with E-state index in [0.717, 1.165) is 55.1 Å². The molecule has 3 saturated heterocycles. The van der Waals surface area contributed by atoms with E-state index in [4.69, 9.17) is 4.74 Å². The molecule has 0 aliphatic carbocycles. The fourth-order valence-electron chi connectivity index (χ4n) is 6.81. The number of imide groups is 1. The number of likely N-dealkylation sites (tertiary alicyclic amines) is 1. The van der Waals surface area contributed by atoms with E-state index in [9.17, 15) is 19.5 Å². The van der Waals surface area contributed by atoms with Gasteiger partial charge in [0.25, 0.3) is 11.8 Å². The van der Waals surface area contributed by atoms with Crippen LogP contribution in [0.5, 0.6) is 0 Å². The maximum atomic E-state index is 15.1. The van der Waals surface area contributed by atoms with Gasteiger partial charge < -0.3 is 20.5 Å². The number of nitrogens with zero attached hydrogens (tertiary/aromatic N) is 2. The minimum atomic E-state index is -0.984. The molecule has 10 heteroatoms.